The molecule has 1 aromatic carbocycles. The standard InChI is InChI=1S/C15H21BrN2O3S/c1-12-5-7-14(8-6-12)22(20,21)17-11-13-4-2-3-9-18(13)15(19)10-16/h5-8,13,17H,2-4,9-11H2,1H3. The van der Waals surface area contributed by atoms with Crippen molar-refractivity contribution < 1.29 is 13.2 Å². The molecule has 0 aromatic heterocycles. The number of carbonyl (C=O) groups is 1. The maximum Gasteiger partial charge on any atom is 0.240 e. The lowest BCUT2D eigenvalue weighted by Crippen LogP contribution is -2.49. The van der Waals surface area contributed by atoms with Gasteiger partial charge in [0.05, 0.1) is 10.2 Å². The van der Waals surface area contributed by atoms with Crippen LogP contribution in [-0.2, 0) is 14.8 Å². The van der Waals surface area contributed by atoms with Gasteiger partial charge in [-0.3, -0.25) is 4.79 Å². The highest BCUT2D eigenvalue weighted by Crippen LogP contribution is 2.18. The molecule has 0 spiro atoms. The third kappa shape index (κ3) is 4.30. The van der Waals surface area contributed by atoms with Crippen molar-refractivity contribution in [2.45, 2.75) is 37.1 Å². The summed E-state index contributed by atoms with van der Waals surface area (Å²) < 4.78 is 27.3. The molecule has 0 aliphatic carbocycles. The molecule has 1 saturated heterocycles. The molecule has 1 unspecified atom stereocenters. The van der Waals surface area contributed by atoms with Gasteiger partial charge in [-0.15, -0.1) is 0 Å². The second kappa shape index (κ2) is 7.57. The normalized spacial score (nSPS) is 19.2. The van der Waals surface area contributed by atoms with Crippen LogP contribution in [0, 0.1) is 6.92 Å². The molecule has 0 bridgehead atoms. The smallest absolute Gasteiger partial charge is 0.240 e. The largest absolute Gasteiger partial charge is 0.338 e. The van der Waals surface area contributed by atoms with Crippen LogP contribution in [0.3, 0.4) is 0 Å². The van der Waals surface area contributed by atoms with E-state index in [1.54, 1.807) is 29.2 Å². The molecular weight excluding hydrogens is 368 g/mol. The molecule has 1 atom stereocenters. The fourth-order valence-corrected chi connectivity index (χ4v) is 4.02. The highest BCUT2D eigenvalue weighted by Gasteiger charge is 2.27. The predicted molar refractivity (Wildman–Crippen MR) is 89.5 cm³/mol. The van der Waals surface area contributed by atoms with E-state index in [0.29, 0.717) is 6.54 Å². The second-order valence-corrected chi connectivity index (χ2v) is 7.86. The Morgan fingerprint density at radius 2 is 2.00 bits per heavy atom. The van der Waals surface area contributed by atoms with Gasteiger partial charge in [0, 0.05) is 19.1 Å². The number of rotatable bonds is 5. The van der Waals surface area contributed by atoms with Gasteiger partial charge in [0.25, 0.3) is 0 Å². The number of halogens is 1. The SMILES string of the molecule is Cc1ccc(S(=O)(=O)NCC2CCCCN2C(=O)CBr)cc1. The number of piperidine rings is 1. The van der Waals surface area contributed by atoms with Gasteiger partial charge in [0.15, 0.2) is 0 Å². The van der Waals surface area contributed by atoms with Gasteiger partial charge in [0.2, 0.25) is 15.9 Å². The zero-order chi connectivity index (χ0) is 16.2. The average molecular weight is 389 g/mol. The van der Waals surface area contributed by atoms with E-state index in [0.717, 1.165) is 24.8 Å². The molecule has 1 aromatic rings. The van der Waals surface area contributed by atoms with Crippen LogP contribution in [0.1, 0.15) is 24.8 Å². The minimum atomic E-state index is -3.53. The maximum absolute atomic E-state index is 12.3. The van der Waals surface area contributed by atoms with Gasteiger partial charge in [-0.2, -0.15) is 0 Å². The van der Waals surface area contributed by atoms with Crippen LogP contribution >= 0.6 is 15.9 Å². The summed E-state index contributed by atoms with van der Waals surface area (Å²) in [6.07, 6.45) is 2.82. The number of hydrogen-bond donors (Lipinski definition) is 1. The minimum Gasteiger partial charge on any atom is -0.338 e. The monoisotopic (exact) mass is 388 g/mol. The first-order chi connectivity index (χ1) is 10.4. The predicted octanol–water partition coefficient (Wildman–Crippen LogP) is 2.05. The van der Waals surface area contributed by atoms with Crippen molar-refractivity contribution in [3.63, 3.8) is 0 Å². The molecule has 2 rings (SSSR count). The first-order valence-electron chi connectivity index (χ1n) is 7.36. The van der Waals surface area contributed by atoms with Crippen LogP contribution in [0.4, 0.5) is 0 Å². The molecule has 1 fully saturated rings. The summed E-state index contributed by atoms with van der Waals surface area (Å²) in [4.78, 5) is 13.9. The summed E-state index contributed by atoms with van der Waals surface area (Å²) >= 11 is 3.18. The number of nitrogens with one attached hydrogen (secondary N) is 1. The summed E-state index contributed by atoms with van der Waals surface area (Å²) in [5, 5.41) is 0.272. The second-order valence-electron chi connectivity index (χ2n) is 5.54. The highest BCUT2D eigenvalue weighted by molar-refractivity contribution is 9.09. The van der Waals surface area contributed by atoms with Crippen molar-refractivity contribution in [2.75, 3.05) is 18.4 Å². The first kappa shape index (κ1) is 17.4. The maximum atomic E-state index is 12.3. The van der Waals surface area contributed by atoms with E-state index >= 15 is 0 Å². The summed E-state index contributed by atoms with van der Waals surface area (Å²) in [7, 11) is -3.53. The Hall–Kier alpha value is -0.920. The Bertz CT molecular complexity index is 616. The lowest BCUT2D eigenvalue weighted by molar-refractivity contribution is -0.131. The van der Waals surface area contributed by atoms with Crippen molar-refractivity contribution in [1.29, 1.82) is 0 Å². The minimum absolute atomic E-state index is 0.0132. The zero-order valence-electron chi connectivity index (χ0n) is 12.6. The van der Waals surface area contributed by atoms with Crippen molar-refractivity contribution in [3.8, 4) is 0 Å². The lowest BCUT2D eigenvalue weighted by Gasteiger charge is -2.35. The molecule has 0 radical (unpaired) electrons. The summed E-state index contributed by atoms with van der Waals surface area (Å²) in [6.45, 7) is 2.87. The van der Waals surface area contributed by atoms with Crippen LogP contribution in [0.15, 0.2) is 29.2 Å². The van der Waals surface area contributed by atoms with Gasteiger partial charge in [-0.05, 0) is 38.3 Å². The zero-order valence-corrected chi connectivity index (χ0v) is 15.0. The third-order valence-electron chi connectivity index (χ3n) is 3.90. The molecule has 1 aliphatic heterocycles. The number of likely N-dealkylation sites (tertiary alicyclic amines) is 1. The van der Waals surface area contributed by atoms with Crippen molar-refractivity contribution >= 4 is 31.9 Å². The van der Waals surface area contributed by atoms with E-state index in [1.165, 1.54) is 0 Å². The summed E-state index contributed by atoms with van der Waals surface area (Å²) in [5.74, 6) is 0.0132. The number of aryl methyl sites for hydroxylation is 1. The van der Waals surface area contributed by atoms with Crippen LogP contribution in [0.25, 0.3) is 0 Å². The Morgan fingerprint density at radius 1 is 1.32 bits per heavy atom. The third-order valence-corrected chi connectivity index (χ3v) is 5.82. The molecule has 22 heavy (non-hydrogen) atoms. The molecule has 7 heteroatoms. The van der Waals surface area contributed by atoms with Gasteiger partial charge in [-0.25, -0.2) is 13.1 Å². The first-order valence-corrected chi connectivity index (χ1v) is 9.96. The van der Waals surface area contributed by atoms with E-state index in [4.69, 9.17) is 0 Å². The van der Waals surface area contributed by atoms with Gasteiger partial charge < -0.3 is 4.90 Å². The molecule has 0 saturated carbocycles. The van der Waals surface area contributed by atoms with Crippen molar-refractivity contribution in [3.05, 3.63) is 29.8 Å². The Balaban J connectivity index is 2.03. The molecular formula is C15H21BrN2O3S. The number of alkyl halides is 1. The molecule has 1 heterocycles. The van der Waals surface area contributed by atoms with E-state index < -0.39 is 10.0 Å². The van der Waals surface area contributed by atoms with E-state index in [-0.39, 0.29) is 28.7 Å². The summed E-state index contributed by atoms with van der Waals surface area (Å²) in [5.41, 5.74) is 1.01. The molecule has 1 amide bonds. The molecule has 5 nitrogen and oxygen atoms in total. The average Bonchev–Trinajstić information content (AvgIpc) is 2.53. The van der Waals surface area contributed by atoms with Gasteiger partial charge in [-0.1, -0.05) is 33.6 Å². The number of carbonyl (C=O) groups excluding carboxylic acids is 1. The molecule has 122 valence electrons. The Kier molecular flexibility index (Phi) is 6.00. The number of sulfonamides is 1. The Labute approximate surface area is 140 Å². The van der Waals surface area contributed by atoms with Crippen molar-refractivity contribution in [2.24, 2.45) is 0 Å². The number of nitrogens with zero attached hydrogens (tertiary/aromatic N) is 1. The number of amides is 1. The van der Waals surface area contributed by atoms with E-state index in [9.17, 15) is 13.2 Å². The highest BCUT2D eigenvalue weighted by atomic mass is 79.9. The fraction of sp³-hybridized carbons (Fsp3) is 0.533. The van der Waals surface area contributed by atoms with Gasteiger partial charge >= 0.3 is 0 Å². The van der Waals surface area contributed by atoms with Crippen molar-refractivity contribution in [1.82, 2.24) is 9.62 Å². The fourth-order valence-electron chi connectivity index (χ4n) is 2.62. The quantitative estimate of drug-likeness (QED) is 0.784. The van der Waals surface area contributed by atoms with Crippen LogP contribution < -0.4 is 4.72 Å². The Morgan fingerprint density at radius 3 is 2.64 bits per heavy atom. The molecule has 1 aliphatic rings. The van der Waals surface area contributed by atoms with E-state index in [2.05, 4.69) is 20.7 Å². The van der Waals surface area contributed by atoms with Crippen LogP contribution in [-0.4, -0.2) is 43.7 Å². The van der Waals surface area contributed by atoms with Gasteiger partial charge in [0.1, 0.15) is 0 Å². The van der Waals surface area contributed by atoms with Crippen LogP contribution in [0.5, 0.6) is 0 Å². The number of benzene rings is 1. The summed E-state index contributed by atoms with van der Waals surface area (Å²) in [6, 6.07) is 6.67. The van der Waals surface area contributed by atoms with E-state index in [1.807, 2.05) is 6.92 Å². The topological polar surface area (TPSA) is 66.5 Å². The van der Waals surface area contributed by atoms with Crippen LogP contribution in [0.2, 0.25) is 0 Å². The lowest BCUT2D eigenvalue weighted by atomic mass is 10.0. The number of hydrogen-bond acceptors (Lipinski definition) is 3. The molecule has 1 N–H and O–H groups in total.